The van der Waals surface area contributed by atoms with Crippen molar-refractivity contribution in [3.63, 3.8) is 0 Å². The number of nitrogens with one attached hydrogen (secondary N) is 1. The maximum Gasteiger partial charge on any atom is 0.257 e. The summed E-state index contributed by atoms with van der Waals surface area (Å²) >= 11 is 2.95. The van der Waals surface area contributed by atoms with Gasteiger partial charge in [-0.2, -0.15) is 0 Å². The van der Waals surface area contributed by atoms with Gasteiger partial charge in [-0.05, 0) is 63.3 Å². The molecule has 3 heterocycles. The number of aromatic nitrogens is 4. The molecular weight excluding hydrogens is 480 g/mol. The minimum Gasteiger partial charge on any atom is -0.475 e. The molecule has 1 amide bonds. The van der Waals surface area contributed by atoms with Crippen LogP contribution in [0.15, 0.2) is 64.4 Å². The quantitative estimate of drug-likeness (QED) is 0.341. The molecule has 0 aliphatic carbocycles. The van der Waals surface area contributed by atoms with Crippen LogP contribution in [-0.2, 0) is 0 Å². The summed E-state index contributed by atoms with van der Waals surface area (Å²) in [6.07, 6.45) is 6.57. The van der Waals surface area contributed by atoms with Crippen LogP contribution in [0.1, 0.15) is 21.5 Å². The molecule has 0 aliphatic heterocycles. The molecule has 0 saturated carbocycles. The van der Waals surface area contributed by atoms with Crippen LogP contribution in [0, 0.1) is 13.8 Å². The van der Waals surface area contributed by atoms with Gasteiger partial charge in [0.25, 0.3) is 5.91 Å². The number of aryl methyl sites for hydroxylation is 2. The Kier molecular flexibility index (Phi) is 8.06. The largest absolute Gasteiger partial charge is 0.475 e. The number of amides is 1. The molecule has 1 N–H and O–H groups in total. The second-order valence-corrected chi connectivity index (χ2v) is 10.1. The molecular formula is C25H26N6O2S2. The summed E-state index contributed by atoms with van der Waals surface area (Å²) in [5, 5.41) is 6.18. The average molecular weight is 507 g/mol. The smallest absolute Gasteiger partial charge is 0.257 e. The van der Waals surface area contributed by atoms with E-state index in [0.717, 1.165) is 38.9 Å². The van der Waals surface area contributed by atoms with Crippen LogP contribution < -0.4 is 10.1 Å². The lowest BCUT2D eigenvalue weighted by atomic mass is 10.0. The van der Waals surface area contributed by atoms with E-state index in [9.17, 15) is 4.79 Å². The number of ether oxygens (including phenoxy) is 1. The Balaban J connectivity index is 1.43. The summed E-state index contributed by atoms with van der Waals surface area (Å²) < 4.78 is 5.62. The standard InChI is InChI=1S/C25H26N6O2S2/c1-16-11-19(35-22-14-27-21(13-28-22)33-10-9-31(3)4)12-17(2)23(16)20-15-34-25(29-20)30-24(32)18-5-7-26-8-6-18/h5-8,11-15H,9-10H2,1-4H3,(H,29,30,32). The summed E-state index contributed by atoms with van der Waals surface area (Å²) in [5.74, 6) is 0.318. The molecule has 0 radical (unpaired) electrons. The van der Waals surface area contributed by atoms with Crippen molar-refractivity contribution >= 4 is 34.1 Å². The van der Waals surface area contributed by atoms with Crippen LogP contribution in [0.2, 0.25) is 0 Å². The molecule has 35 heavy (non-hydrogen) atoms. The fraction of sp³-hybridized carbons (Fsp3) is 0.240. The molecule has 0 fully saturated rings. The van der Waals surface area contributed by atoms with Gasteiger partial charge < -0.3 is 9.64 Å². The molecule has 180 valence electrons. The van der Waals surface area contributed by atoms with E-state index in [1.165, 1.54) is 11.3 Å². The van der Waals surface area contributed by atoms with Crippen molar-refractivity contribution in [1.29, 1.82) is 0 Å². The molecule has 0 unspecified atom stereocenters. The van der Waals surface area contributed by atoms with E-state index in [0.29, 0.717) is 23.2 Å². The van der Waals surface area contributed by atoms with E-state index in [1.54, 1.807) is 48.7 Å². The average Bonchev–Trinajstić information content (AvgIpc) is 3.28. The fourth-order valence-corrected chi connectivity index (χ4v) is 5.01. The van der Waals surface area contributed by atoms with E-state index in [2.05, 4.69) is 56.1 Å². The second kappa shape index (κ2) is 11.4. The predicted molar refractivity (Wildman–Crippen MR) is 139 cm³/mol. The number of rotatable bonds is 9. The van der Waals surface area contributed by atoms with Crippen LogP contribution in [0.4, 0.5) is 5.13 Å². The number of likely N-dealkylation sites (N-methyl/N-ethyl adjacent to an activating group) is 1. The zero-order chi connectivity index (χ0) is 24.8. The van der Waals surface area contributed by atoms with Gasteiger partial charge in [0.1, 0.15) is 11.6 Å². The number of hydrogen-bond donors (Lipinski definition) is 1. The summed E-state index contributed by atoms with van der Waals surface area (Å²) in [6.45, 7) is 5.52. The van der Waals surface area contributed by atoms with Gasteiger partial charge in [-0.3, -0.25) is 15.1 Å². The van der Waals surface area contributed by atoms with Gasteiger partial charge in [-0.15, -0.1) is 11.3 Å². The third kappa shape index (κ3) is 6.62. The van der Waals surface area contributed by atoms with E-state index in [4.69, 9.17) is 4.74 Å². The summed E-state index contributed by atoms with van der Waals surface area (Å²) in [4.78, 5) is 33.0. The number of nitrogens with zero attached hydrogens (tertiary/aromatic N) is 5. The Labute approximate surface area is 212 Å². The minimum atomic E-state index is -0.205. The first kappa shape index (κ1) is 24.8. The van der Waals surface area contributed by atoms with Crippen LogP contribution >= 0.6 is 23.1 Å². The molecule has 0 saturated heterocycles. The van der Waals surface area contributed by atoms with Crippen molar-refractivity contribution in [2.75, 3.05) is 32.6 Å². The monoisotopic (exact) mass is 506 g/mol. The lowest BCUT2D eigenvalue weighted by Gasteiger charge is -2.11. The van der Waals surface area contributed by atoms with Gasteiger partial charge in [0.05, 0.1) is 18.1 Å². The number of carbonyl (C=O) groups excluding carboxylic acids is 1. The maximum absolute atomic E-state index is 12.4. The molecule has 0 bridgehead atoms. The maximum atomic E-state index is 12.4. The molecule has 4 rings (SSSR count). The molecule has 0 spiro atoms. The van der Waals surface area contributed by atoms with Crippen molar-refractivity contribution in [3.05, 3.63) is 71.1 Å². The third-order valence-electron chi connectivity index (χ3n) is 5.04. The highest BCUT2D eigenvalue weighted by atomic mass is 32.2. The predicted octanol–water partition coefficient (Wildman–Crippen LogP) is 4.96. The number of carbonyl (C=O) groups is 1. The van der Waals surface area contributed by atoms with E-state index in [1.807, 2.05) is 19.5 Å². The third-order valence-corrected chi connectivity index (χ3v) is 6.69. The Bertz CT molecular complexity index is 1270. The number of thiazole rings is 1. The van der Waals surface area contributed by atoms with Crippen LogP contribution in [-0.4, -0.2) is 58.0 Å². The normalized spacial score (nSPS) is 11.0. The second-order valence-electron chi connectivity index (χ2n) is 8.11. The van der Waals surface area contributed by atoms with Crippen molar-refractivity contribution in [2.24, 2.45) is 0 Å². The topological polar surface area (TPSA) is 93.1 Å². The van der Waals surface area contributed by atoms with Gasteiger partial charge in [-0.25, -0.2) is 15.0 Å². The number of hydrogen-bond acceptors (Lipinski definition) is 9. The summed E-state index contributed by atoms with van der Waals surface area (Å²) in [5.41, 5.74) is 4.64. The van der Waals surface area contributed by atoms with E-state index in [-0.39, 0.29) is 5.91 Å². The van der Waals surface area contributed by atoms with E-state index < -0.39 is 0 Å². The van der Waals surface area contributed by atoms with Crippen molar-refractivity contribution in [3.8, 4) is 17.1 Å². The van der Waals surface area contributed by atoms with Crippen LogP contribution in [0.5, 0.6) is 5.88 Å². The minimum absolute atomic E-state index is 0.205. The molecule has 4 aromatic rings. The summed E-state index contributed by atoms with van der Waals surface area (Å²) in [7, 11) is 4.00. The highest BCUT2D eigenvalue weighted by Gasteiger charge is 2.14. The molecule has 0 aliphatic rings. The van der Waals surface area contributed by atoms with Gasteiger partial charge in [-0.1, -0.05) is 11.8 Å². The van der Waals surface area contributed by atoms with Crippen LogP contribution in [0.3, 0.4) is 0 Å². The highest BCUT2D eigenvalue weighted by Crippen LogP contribution is 2.35. The first-order chi connectivity index (χ1) is 16.9. The first-order valence-electron chi connectivity index (χ1n) is 10.9. The Morgan fingerprint density at radius 1 is 1.11 bits per heavy atom. The number of pyridine rings is 1. The van der Waals surface area contributed by atoms with Crippen molar-refractivity contribution in [2.45, 2.75) is 23.8 Å². The summed E-state index contributed by atoms with van der Waals surface area (Å²) in [6, 6.07) is 7.57. The first-order valence-corrected chi connectivity index (χ1v) is 12.6. The van der Waals surface area contributed by atoms with E-state index >= 15 is 0 Å². The van der Waals surface area contributed by atoms with Gasteiger partial charge in [0, 0.05) is 40.3 Å². The lowest BCUT2D eigenvalue weighted by molar-refractivity contribution is 0.102. The van der Waals surface area contributed by atoms with Gasteiger partial charge >= 0.3 is 0 Å². The van der Waals surface area contributed by atoms with Gasteiger partial charge in [0.2, 0.25) is 5.88 Å². The van der Waals surface area contributed by atoms with Crippen LogP contribution in [0.25, 0.3) is 11.3 Å². The Morgan fingerprint density at radius 3 is 2.51 bits per heavy atom. The lowest BCUT2D eigenvalue weighted by Crippen LogP contribution is -2.19. The zero-order valence-corrected chi connectivity index (χ0v) is 21.6. The Hall–Kier alpha value is -3.34. The molecule has 10 heteroatoms. The fourth-order valence-electron chi connectivity index (χ4n) is 3.39. The highest BCUT2D eigenvalue weighted by molar-refractivity contribution is 7.99. The van der Waals surface area contributed by atoms with Gasteiger partial charge in [0.15, 0.2) is 5.13 Å². The van der Waals surface area contributed by atoms with Crippen molar-refractivity contribution in [1.82, 2.24) is 24.8 Å². The Morgan fingerprint density at radius 2 is 1.86 bits per heavy atom. The number of benzene rings is 1. The zero-order valence-electron chi connectivity index (χ0n) is 20.0. The molecule has 8 nitrogen and oxygen atoms in total. The molecule has 3 aromatic heterocycles. The van der Waals surface area contributed by atoms with Crippen molar-refractivity contribution < 1.29 is 9.53 Å². The molecule has 0 atom stereocenters. The number of anilines is 1. The SMILES string of the molecule is Cc1cc(Sc2cnc(OCCN(C)C)cn2)cc(C)c1-c1csc(NC(=O)c2ccncc2)n1. The molecule has 1 aromatic carbocycles.